The zero-order chi connectivity index (χ0) is 18.1. The summed E-state index contributed by atoms with van der Waals surface area (Å²) in [6.45, 7) is 2.37. The Kier molecular flexibility index (Phi) is 17.2. The summed E-state index contributed by atoms with van der Waals surface area (Å²) in [5.74, 6) is -0.599. The van der Waals surface area contributed by atoms with E-state index in [0.29, 0.717) is 0 Å². The van der Waals surface area contributed by atoms with Crippen LogP contribution in [0, 0.1) is 0 Å². The normalized spacial score (nSPS) is 13.2. The van der Waals surface area contributed by atoms with Crippen molar-refractivity contribution in [3.63, 3.8) is 0 Å². The number of aliphatic hydroxyl groups excluding tert-OH is 4. The third-order valence-electron chi connectivity index (χ3n) is 1.95. The minimum Gasteiger partial charge on any atom is -0.461 e. The third kappa shape index (κ3) is 15.0. The van der Waals surface area contributed by atoms with Gasteiger partial charge in [-0.2, -0.15) is 4.99 Å². The second kappa shape index (κ2) is 16.7. The average Bonchev–Trinajstić information content (AvgIpc) is 2.56. The fourth-order valence-corrected chi connectivity index (χ4v) is 0.841. The van der Waals surface area contributed by atoms with E-state index in [1.165, 1.54) is 12.2 Å². The van der Waals surface area contributed by atoms with E-state index in [0.717, 1.165) is 0 Å². The maximum absolute atomic E-state index is 10.8. The van der Waals surface area contributed by atoms with Gasteiger partial charge in [0.1, 0.15) is 25.4 Å². The van der Waals surface area contributed by atoms with Gasteiger partial charge in [-0.15, -0.1) is 0 Å². The van der Waals surface area contributed by atoms with Crippen molar-refractivity contribution in [2.24, 2.45) is 4.99 Å². The topological polar surface area (TPSA) is 155 Å². The first-order valence-corrected chi connectivity index (χ1v) is 6.70. The molecule has 0 saturated heterocycles. The quantitative estimate of drug-likeness (QED) is 0.0703. The number of carbonyl (C=O) groups excluding carboxylic acids is 2. The molecule has 0 aromatic rings. The Hall–Kier alpha value is -1.65. The van der Waals surface area contributed by atoms with Crippen molar-refractivity contribution in [3.05, 3.63) is 11.8 Å². The van der Waals surface area contributed by atoms with Gasteiger partial charge in [-0.25, -0.2) is 19.4 Å². The molecule has 10 nitrogen and oxygen atoms in total. The summed E-state index contributed by atoms with van der Waals surface area (Å²) in [5, 5.41) is 34.1. The molecule has 0 aliphatic heterocycles. The largest absolute Gasteiger partial charge is 0.461 e. The number of ether oxygens (including phenoxy) is 1. The van der Waals surface area contributed by atoms with Crippen LogP contribution < -0.4 is 0 Å². The van der Waals surface area contributed by atoms with E-state index in [1.807, 2.05) is 0 Å². The molecule has 0 spiro atoms. The highest BCUT2D eigenvalue weighted by Crippen LogP contribution is 1.97. The van der Waals surface area contributed by atoms with Gasteiger partial charge in [-0.05, 0) is 13.8 Å². The number of carbonyl (C=O) groups is 1. The Morgan fingerprint density at radius 2 is 1.65 bits per heavy atom. The lowest BCUT2D eigenvalue weighted by Crippen LogP contribution is -2.23. The summed E-state index contributed by atoms with van der Waals surface area (Å²) in [4.78, 5) is 32.4. The lowest BCUT2D eigenvalue weighted by molar-refractivity contribution is -0.316. The van der Waals surface area contributed by atoms with Gasteiger partial charge < -0.3 is 25.2 Å². The summed E-state index contributed by atoms with van der Waals surface area (Å²) in [7, 11) is 0. The van der Waals surface area contributed by atoms with E-state index in [9.17, 15) is 9.59 Å². The fourth-order valence-electron chi connectivity index (χ4n) is 0.841. The SMILES string of the molecule is CC=C(N=C=O)C(=O)OCC.OCC(O)COOCC(O)CO. The van der Waals surface area contributed by atoms with Crippen molar-refractivity contribution < 1.29 is 44.5 Å². The van der Waals surface area contributed by atoms with E-state index in [-0.39, 0.29) is 25.5 Å². The van der Waals surface area contributed by atoms with Gasteiger partial charge in [-0.1, -0.05) is 6.08 Å². The highest BCUT2D eigenvalue weighted by atomic mass is 17.2. The molecule has 10 heteroatoms. The highest BCUT2D eigenvalue weighted by molar-refractivity contribution is 5.88. The number of hydrogen-bond acceptors (Lipinski definition) is 10. The maximum atomic E-state index is 10.8. The maximum Gasteiger partial charge on any atom is 0.357 e. The Bertz CT molecular complexity index is 368. The van der Waals surface area contributed by atoms with Crippen LogP contribution in [0.4, 0.5) is 0 Å². The van der Waals surface area contributed by atoms with E-state index < -0.39 is 31.4 Å². The molecule has 0 radical (unpaired) electrons. The number of allylic oxidation sites excluding steroid dienone is 1. The zero-order valence-electron chi connectivity index (χ0n) is 13.0. The van der Waals surface area contributed by atoms with Gasteiger partial charge in [0, 0.05) is 0 Å². The predicted octanol–water partition coefficient (Wildman–Crippen LogP) is -1.57. The van der Waals surface area contributed by atoms with E-state index >= 15 is 0 Å². The van der Waals surface area contributed by atoms with Gasteiger partial charge >= 0.3 is 5.97 Å². The summed E-state index contributed by atoms with van der Waals surface area (Å²) in [6.07, 6.45) is 0.677. The molecule has 0 aromatic carbocycles. The van der Waals surface area contributed by atoms with Crippen LogP contribution in [0.1, 0.15) is 13.8 Å². The van der Waals surface area contributed by atoms with Gasteiger partial charge in [0.25, 0.3) is 0 Å². The van der Waals surface area contributed by atoms with Crippen LogP contribution in [0.2, 0.25) is 0 Å². The first kappa shape index (κ1) is 23.6. The number of esters is 1. The molecule has 0 saturated carbocycles. The number of nitrogens with zero attached hydrogens (tertiary/aromatic N) is 1. The summed E-state index contributed by atoms with van der Waals surface area (Å²) in [6, 6.07) is 0. The van der Waals surface area contributed by atoms with Crippen molar-refractivity contribution in [1.29, 1.82) is 0 Å². The number of aliphatic imine (C=N–C) groups is 1. The monoisotopic (exact) mass is 337 g/mol. The van der Waals surface area contributed by atoms with Gasteiger partial charge in [0.05, 0.1) is 19.8 Å². The molecule has 0 aromatic heterocycles. The molecule has 2 unspecified atom stereocenters. The van der Waals surface area contributed by atoms with Gasteiger partial charge in [0.2, 0.25) is 6.08 Å². The van der Waals surface area contributed by atoms with Crippen LogP contribution in [0.15, 0.2) is 16.8 Å². The average molecular weight is 337 g/mol. The molecule has 134 valence electrons. The minimum atomic E-state index is -0.990. The Morgan fingerprint density at radius 3 is 1.96 bits per heavy atom. The van der Waals surface area contributed by atoms with E-state index in [1.54, 1.807) is 13.8 Å². The van der Waals surface area contributed by atoms with E-state index in [4.69, 9.17) is 20.4 Å². The molecule has 23 heavy (non-hydrogen) atoms. The minimum absolute atomic E-state index is 0.0122. The Balaban J connectivity index is 0. The lowest BCUT2D eigenvalue weighted by atomic mass is 10.4. The third-order valence-corrected chi connectivity index (χ3v) is 1.95. The Morgan fingerprint density at radius 1 is 1.17 bits per heavy atom. The summed E-state index contributed by atoms with van der Waals surface area (Å²) in [5.41, 5.74) is -0.0122. The molecule has 4 N–H and O–H groups in total. The van der Waals surface area contributed by atoms with Crippen molar-refractivity contribution in [2.45, 2.75) is 26.1 Å². The summed E-state index contributed by atoms with van der Waals surface area (Å²) >= 11 is 0. The van der Waals surface area contributed by atoms with Crippen molar-refractivity contribution in [2.75, 3.05) is 33.0 Å². The first-order chi connectivity index (χ1) is 11.0. The smallest absolute Gasteiger partial charge is 0.357 e. The number of isocyanates is 1. The van der Waals surface area contributed by atoms with Crippen LogP contribution in [0.5, 0.6) is 0 Å². The second-order valence-corrected chi connectivity index (χ2v) is 3.84. The van der Waals surface area contributed by atoms with Crippen LogP contribution in [-0.4, -0.2) is 77.7 Å². The number of aliphatic hydroxyl groups is 4. The molecule has 2 atom stereocenters. The molecular weight excluding hydrogens is 314 g/mol. The molecule has 0 heterocycles. The van der Waals surface area contributed by atoms with Gasteiger partial charge in [0.15, 0.2) is 5.70 Å². The summed E-state index contributed by atoms with van der Waals surface area (Å²) < 4.78 is 4.57. The Labute approximate surface area is 133 Å². The highest BCUT2D eigenvalue weighted by Gasteiger charge is 2.06. The molecule has 0 bridgehead atoms. The number of rotatable bonds is 10. The standard InChI is InChI=1S/C7H9NO3.C6H14O6/c1-3-6(8-5-9)7(10)11-4-2;7-1-5(9)3-11-12-4-6(10)2-8/h3H,4H2,1-2H3;5-10H,1-4H2. The van der Waals surface area contributed by atoms with E-state index in [2.05, 4.69) is 19.5 Å². The van der Waals surface area contributed by atoms with Crippen molar-refractivity contribution in [1.82, 2.24) is 0 Å². The molecule has 0 rings (SSSR count). The fraction of sp³-hybridized carbons (Fsp3) is 0.692. The van der Waals surface area contributed by atoms with Crippen molar-refractivity contribution >= 4 is 12.0 Å². The predicted molar refractivity (Wildman–Crippen MR) is 76.6 cm³/mol. The molecule has 0 amide bonds. The van der Waals surface area contributed by atoms with Gasteiger partial charge in [-0.3, -0.25) is 0 Å². The first-order valence-electron chi connectivity index (χ1n) is 6.70. The molecule has 0 fully saturated rings. The van der Waals surface area contributed by atoms with Crippen molar-refractivity contribution in [3.8, 4) is 0 Å². The molecule has 0 aliphatic carbocycles. The van der Waals surface area contributed by atoms with Crippen LogP contribution in [-0.2, 0) is 24.1 Å². The van der Waals surface area contributed by atoms with Crippen LogP contribution >= 0.6 is 0 Å². The van der Waals surface area contributed by atoms with Crippen LogP contribution in [0.25, 0.3) is 0 Å². The molecule has 0 aliphatic rings. The zero-order valence-corrected chi connectivity index (χ0v) is 13.0. The lowest BCUT2D eigenvalue weighted by Gasteiger charge is -2.09. The van der Waals surface area contributed by atoms with Crippen LogP contribution in [0.3, 0.4) is 0 Å². The molecular formula is C13H23NO9. The number of hydrogen-bond donors (Lipinski definition) is 4. The second-order valence-electron chi connectivity index (χ2n) is 3.84.